The number of para-hydroxylation sites is 1. The summed E-state index contributed by atoms with van der Waals surface area (Å²) < 4.78 is 5.86. The molecule has 0 aromatic heterocycles. The topological polar surface area (TPSA) is 52.9 Å². The number of phenols is 2. The van der Waals surface area contributed by atoms with E-state index in [0.29, 0.717) is 28.3 Å². The predicted octanol–water partition coefficient (Wildman–Crippen LogP) is 5.62. The first-order valence-corrected chi connectivity index (χ1v) is 10.6. The van der Waals surface area contributed by atoms with Gasteiger partial charge in [-0.15, -0.1) is 0 Å². The maximum Gasteiger partial charge on any atom is 0.160 e. The molecule has 4 nitrogen and oxygen atoms in total. The first-order chi connectivity index (χ1) is 13.5. The number of fused-ring (bicyclic) bond motifs is 1. The van der Waals surface area contributed by atoms with Crippen LogP contribution in [0, 0.1) is 0 Å². The molecule has 2 aromatic carbocycles. The number of phenolic OH excluding ortho intramolecular Hbond substituents is 2. The fourth-order valence-electron chi connectivity index (χ4n) is 3.97. The van der Waals surface area contributed by atoms with Crippen LogP contribution in [-0.2, 0) is 6.42 Å². The average molecular weight is 424 g/mol. The lowest BCUT2D eigenvalue weighted by Crippen LogP contribution is -2.34. The molecule has 6 heteroatoms. The van der Waals surface area contributed by atoms with Crippen LogP contribution in [0.4, 0.5) is 0 Å². The Morgan fingerprint density at radius 1 is 1.11 bits per heavy atom. The van der Waals surface area contributed by atoms with Gasteiger partial charge in [0, 0.05) is 18.7 Å². The average Bonchev–Trinajstić information content (AvgIpc) is 2.67. The Balaban J connectivity index is 1.65. The van der Waals surface area contributed by atoms with Crippen LogP contribution in [0.1, 0.15) is 43.2 Å². The van der Waals surface area contributed by atoms with Gasteiger partial charge in [-0.1, -0.05) is 42.3 Å². The zero-order chi connectivity index (χ0) is 20.1. The number of hydrogen-bond acceptors (Lipinski definition) is 4. The van der Waals surface area contributed by atoms with Crippen LogP contribution in [-0.4, -0.2) is 41.4 Å². The fraction of sp³-hybridized carbons (Fsp3) is 0.455. The summed E-state index contributed by atoms with van der Waals surface area (Å²) in [5, 5.41) is 21.0. The maximum absolute atomic E-state index is 10.2. The minimum Gasteiger partial charge on any atom is -0.504 e. The van der Waals surface area contributed by atoms with Crippen molar-refractivity contribution in [3.63, 3.8) is 0 Å². The molecule has 0 amide bonds. The van der Waals surface area contributed by atoms with Gasteiger partial charge in [0.25, 0.3) is 0 Å². The van der Waals surface area contributed by atoms with E-state index in [0.717, 1.165) is 56.4 Å². The van der Waals surface area contributed by atoms with Gasteiger partial charge < -0.3 is 14.9 Å². The van der Waals surface area contributed by atoms with Gasteiger partial charge in [-0.05, 0) is 61.9 Å². The molecule has 1 atom stereocenters. The lowest BCUT2D eigenvalue weighted by molar-refractivity contribution is 0.195. The molecule has 2 N–H and O–H groups in total. The second-order valence-corrected chi connectivity index (χ2v) is 8.10. The molecule has 0 fully saturated rings. The molecular weight excluding hydrogens is 397 g/mol. The molecule has 0 saturated carbocycles. The molecule has 0 saturated heterocycles. The number of benzene rings is 2. The number of hydrogen-bond donors (Lipinski definition) is 2. The standard InChI is InChI=1S/C22H27Cl2NO3/c1-2-11-25(12-13-28-22-18(23)7-4-8-19(22)24)14-15-5-3-6-17-16(15)9-10-20(26)21(17)27/h4,7-10,15,26-27H,2-3,5-6,11-14H2,1H3. The molecule has 1 aliphatic carbocycles. The van der Waals surface area contributed by atoms with Crippen LogP contribution in [0.3, 0.4) is 0 Å². The molecular formula is C22H27Cl2NO3. The van der Waals surface area contributed by atoms with Gasteiger partial charge in [0.1, 0.15) is 6.61 Å². The largest absolute Gasteiger partial charge is 0.504 e. The van der Waals surface area contributed by atoms with Crippen LogP contribution in [0.2, 0.25) is 10.0 Å². The van der Waals surface area contributed by atoms with Gasteiger partial charge in [0.05, 0.1) is 10.0 Å². The third-order valence-corrected chi connectivity index (χ3v) is 5.90. The number of nitrogens with zero attached hydrogens (tertiary/aromatic N) is 1. The van der Waals surface area contributed by atoms with Crippen molar-refractivity contribution in [1.82, 2.24) is 4.90 Å². The van der Waals surface area contributed by atoms with E-state index in [1.807, 2.05) is 6.07 Å². The molecule has 28 heavy (non-hydrogen) atoms. The van der Waals surface area contributed by atoms with Crippen molar-refractivity contribution >= 4 is 23.2 Å². The molecule has 2 aromatic rings. The van der Waals surface area contributed by atoms with Crippen molar-refractivity contribution < 1.29 is 14.9 Å². The Hall–Kier alpha value is -1.62. The summed E-state index contributed by atoms with van der Waals surface area (Å²) in [5.41, 5.74) is 2.05. The highest BCUT2D eigenvalue weighted by Gasteiger charge is 2.25. The summed E-state index contributed by atoms with van der Waals surface area (Å²) in [6, 6.07) is 8.90. The van der Waals surface area contributed by atoms with E-state index in [9.17, 15) is 10.2 Å². The summed E-state index contributed by atoms with van der Waals surface area (Å²) >= 11 is 12.4. The quantitative estimate of drug-likeness (QED) is 0.541. The minimum atomic E-state index is -0.0326. The molecule has 1 unspecified atom stereocenters. The van der Waals surface area contributed by atoms with Gasteiger partial charge >= 0.3 is 0 Å². The van der Waals surface area contributed by atoms with Gasteiger partial charge in [-0.25, -0.2) is 0 Å². The smallest absolute Gasteiger partial charge is 0.160 e. The number of rotatable bonds is 8. The molecule has 0 heterocycles. The molecule has 0 aliphatic heterocycles. The maximum atomic E-state index is 10.2. The van der Waals surface area contributed by atoms with Crippen molar-refractivity contribution in [2.75, 3.05) is 26.2 Å². The highest BCUT2D eigenvalue weighted by Crippen LogP contribution is 2.41. The summed E-state index contributed by atoms with van der Waals surface area (Å²) in [4.78, 5) is 2.38. The fourth-order valence-corrected chi connectivity index (χ4v) is 4.48. The van der Waals surface area contributed by atoms with Gasteiger partial charge in [0.15, 0.2) is 17.2 Å². The highest BCUT2D eigenvalue weighted by atomic mass is 35.5. The van der Waals surface area contributed by atoms with E-state index < -0.39 is 0 Å². The summed E-state index contributed by atoms with van der Waals surface area (Å²) in [6.45, 7) is 5.30. The van der Waals surface area contributed by atoms with E-state index in [1.165, 1.54) is 0 Å². The summed E-state index contributed by atoms with van der Waals surface area (Å²) in [6.07, 6.45) is 3.95. The number of ether oxygens (including phenoxy) is 1. The molecule has 0 radical (unpaired) electrons. The Labute approximate surface area is 176 Å². The number of halogens is 2. The Kier molecular flexibility index (Phi) is 7.33. The van der Waals surface area contributed by atoms with Crippen LogP contribution >= 0.6 is 23.2 Å². The SMILES string of the molecule is CCCN(CCOc1c(Cl)cccc1Cl)CC1CCCc2c1ccc(O)c2O. The molecule has 3 rings (SSSR count). The van der Waals surface area contributed by atoms with Crippen LogP contribution in [0.5, 0.6) is 17.2 Å². The van der Waals surface area contributed by atoms with Crippen LogP contribution in [0.25, 0.3) is 0 Å². The lowest BCUT2D eigenvalue weighted by atomic mass is 9.82. The Morgan fingerprint density at radius 3 is 2.57 bits per heavy atom. The minimum absolute atomic E-state index is 0.0326. The zero-order valence-corrected chi connectivity index (χ0v) is 17.6. The van der Waals surface area contributed by atoms with E-state index in [4.69, 9.17) is 27.9 Å². The van der Waals surface area contributed by atoms with E-state index >= 15 is 0 Å². The van der Waals surface area contributed by atoms with Gasteiger partial charge in [0.2, 0.25) is 0 Å². The molecule has 0 spiro atoms. The van der Waals surface area contributed by atoms with Crippen molar-refractivity contribution in [1.29, 1.82) is 0 Å². The second-order valence-electron chi connectivity index (χ2n) is 7.29. The van der Waals surface area contributed by atoms with Crippen molar-refractivity contribution in [2.45, 2.75) is 38.5 Å². The second kappa shape index (κ2) is 9.73. The first kappa shape index (κ1) is 21.1. The third-order valence-electron chi connectivity index (χ3n) is 5.31. The van der Waals surface area contributed by atoms with Crippen molar-refractivity contribution in [3.05, 3.63) is 51.5 Å². The molecule has 0 bridgehead atoms. The van der Waals surface area contributed by atoms with Crippen molar-refractivity contribution in [3.8, 4) is 17.2 Å². The summed E-state index contributed by atoms with van der Waals surface area (Å²) in [7, 11) is 0. The van der Waals surface area contributed by atoms with Crippen molar-refractivity contribution in [2.24, 2.45) is 0 Å². The predicted molar refractivity (Wildman–Crippen MR) is 114 cm³/mol. The van der Waals surface area contributed by atoms with Gasteiger partial charge in [-0.2, -0.15) is 0 Å². The van der Waals surface area contributed by atoms with Gasteiger partial charge in [-0.3, -0.25) is 4.90 Å². The van der Waals surface area contributed by atoms with E-state index in [1.54, 1.807) is 24.3 Å². The highest BCUT2D eigenvalue weighted by molar-refractivity contribution is 6.37. The molecule has 1 aliphatic rings. The van der Waals surface area contributed by atoms with Crippen LogP contribution < -0.4 is 4.74 Å². The molecule has 152 valence electrons. The third kappa shape index (κ3) is 4.86. The summed E-state index contributed by atoms with van der Waals surface area (Å²) in [5.74, 6) is 0.882. The van der Waals surface area contributed by atoms with E-state index in [-0.39, 0.29) is 11.5 Å². The normalized spacial score (nSPS) is 16.2. The number of aromatic hydroxyl groups is 2. The Morgan fingerprint density at radius 2 is 1.86 bits per heavy atom. The Bertz CT molecular complexity index is 792. The zero-order valence-electron chi connectivity index (χ0n) is 16.1. The van der Waals surface area contributed by atoms with Crippen LogP contribution in [0.15, 0.2) is 30.3 Å². The van der Waals surface area contributed by atoms with E-state index in [2.05, 4.69) is 11.8 Å². The first-order valence-electron chi connectivity index (χ1n) is 9.84. The monoisotopic (exact) mass is 423 g/mol. The lowest BCUT2D eigenvalue weighted by Gasteiger charge is -2.31.